The zero-order valence-electron chi connectivity index (χ0n) is 13.3. The molecule has 0 aliphatic heterocycles. The lowest BCUT2D eigenvalue weighted by atomic mass is 10.2. The van der Waals surface area contributed by atoms with E-state index in [1.54, 1.807) is 12.4 Å². The van der Waals surface area contributed by atoms with Gasteiger partial charge in [0.1, 0.15) is 0 Å². The lowest BCUT2D eigenvalue weighted by Gasteiger charge is -2.12. The molecule has 2 rings (SSSR count). The molecule has 0 bridgehead atoms. The minimum Gasteiger partial charge on any atom is -0.337 e. The normalized spacial score (nSPS) is 12.0. The molecule has 2 heterocycles. The number of aromatic nitrogens is 3. The molecule has 0 aliphatic carbocycles. The second-order valence-corrected chi connectivity index (χ2v) is 5.30. The molecule has 1 atom stereocenters. The molecule has 0 fully saturated rings. The molecule has 2 amide bonds. The number of hydrogen-bond donors (Lipinski definition) is 2. The van der Waals surface area contributed by atoms with Crippen LogP contribution in [-0.2, 0) is 6.42 Å². The summed E-state index contributed by atoms with van der Waals surface area (Å²) in [7, 11) is 0. The maximum atomic E-state index is 11.9. The van der Waals surface area contributed by atoms with E-state index in [2.05, 4.69) is 34.6 Å². The summed E-state index contributed by atoms with van der Waals surface area (Å²) in [6, 6.07) is 5.86. The second-order valence-electron chi connectivity index (χ2n) is 5.30. The molecule has 22 heavy (non-hydrogen) atoms. The molecule has 6 nitrogen and oxygen atoms in total. The van der Waals surface area contributed by atoms with Crippen molar-refractivity contribution in [3.05, 3.63) is 42.0 Å². The largest absolute Gasteiger partial charge is 0.337 e. The zero-order valence-corrected chi connectivity index (χ0v) is 13.3. The summed E-state index contributed by atoms with van der Waals surface area (Å²) in [6.45, 7) is 6.73. The van der Waals surface area contributed by atoms with Crippen molar-refractivity contribution in [2.45, 2.75) is 39.7 Å². The first-order valence-corrected chi connectivity index (χ1v) is 7.60. The van der Waals surface area contributed by atoms with Crippen molar-refractivity contribution in [1.82, 2.24) is 20.1 Å². The summed E-state index contributed by atoms with van der Waals surface area (Å²) in [5.41, 5.74) is 2.67. The van der Waals surface area contributed by atoms with Crippen molar-refractivity contribution in [3.63, 3.8) is 0 Å². The van der Waals surface area contributed by atoms with Gasteiger partial charge in [-0.1, -0.05) is 13.0 Å². The molecule has 2 aromatic heterocycles. The molecule has 0 saturated heterocycles. The van der Waals surface area contributed by atoms with E-state index in [0.29, 0.717) is 19.0 Å². The maximum Gasteiger partial charge on any atom is 0.319 e. The molecule has 2 aromatic rings. The second kappa shape index (κ2) is 7.59. The number of rotatable bonds is 6. The van der Waals surface area contributed by atoms with Crippen LogP contribution in [0.2, 0.25) is 0 Å². The summed E-state index contributed by atoms with van der Waals surface area (Å²) in [4.78, 5) is 16.1. The highest BCUT2D eigenvalue weighted by Gasteiger charge is 2.12. The van der Waals surface area contributed by atoms with E-state index in [4.69, 9.17) is 0 Å². The number of nitrogens with zero attached hydrogens (tertiary/aromatic N) is 3. The van der Waals surface area contributed by atoms with Crippen molar-refractivity contribution in [2.75, 3.05) is 11.9 Å². The van der Waals surface area contributed by atoms with Crippen molar-refractivity contribution >= 4 is 11.7 Å². The predicted octanol–water partition coefficient (Wildman–Crippen LogP) is 2.92. The average molecular weight is 301 g/mol. The van der Waals surface area contributed by atoms with E-state index in [1.165, 1.54) is 0 Å². The Morgan fingerprint density at radius 3 is 2.91 bits per heavy atom. The number of pyridine rings is 1. The van der Waals surface area contributed by atoms with Crippen LogP contribution in [0, 0.1) is 6.92 Å². The molecule has 0 aromatic carbocycles. The summed E-state index contributed by atoms with van der Waals surface area (Å²) in [5, 5.41) is 10.0. The van der Waals surface area contributed by atoms with E-state index in [0.717, 1.165) is 23.5 Å². The third-order valence-electron chi connectivity index (χ3n) is 3.69. The van der Waals surface area contributed by atoms with Gasteiger partial charge in [-0.3, -0.25) is 9.67 Å². The van der Waals surface area contributed by atoms with Gasteiger partial charge in [-0.15, -0.1) is 0 Å². The molecular formula is C16H23N5O. The summed E-state index contributed by atoms with van der Waals surface area (Å²) in [6.07, 6.45) is 5.15. The van der Waals surface area contributed by atoms with Gasteiger partial charge in [0.25, 0.3) is 0 Å². The van der Waals surface area contributed by atoms with Crippen LogP contribution in [0.25, 0.3) is 0 Å². The Bertz CT molecular complexity index is 608. The maximum absolute atomic E-state index is 11.9. The minimum absolute atomic E-state index is 0.220. The standard InChI is InChI=1S/C16H23N5O/c1-4-12(2)21-13(3)15(11-19-21)20-16(22)18-10-8-14-7-5-6-9-17-14/h5-7,9,11-12H,4,8,10H2,1-3H3,(H2,18,20,22)/t12-/m1/s1. The van der Waals surface area contributed by atoms with Crippen LogP contribution >= 0.6 is 0 Å². The fourth-order valence-corrected chi connectivity index (χ4v) is 2.18. The van der Waals surface area contributed by atoms with Gasteiger partial charge in [-0.25, -0.2) is 4.79 Å². The molecular weight excluding hydrogens is 278 g/mol. The van der Waals surface area contributed by atoms with E-state index in [9.17, 15) is 4.79 Å². The third kappa shape index (κ3) is 4.07. The van der Waals surface area contributed by atoms with E-state index in [1.807, 2.05) is 29.8 Å². The molecule has 0 aliphatic rings. The van der Waals surface area contributed by atoms with E-state index < -0.39 is 0 Å². The highest BCUT2D eigenvalue weighted by atomic mass is 16.2. The fraction of sp³-hybridized carbons (Fsp3) is 0.438. The van der Waals surface area contributed by atoms with Crippen LogP contribution in [0.3, 0.4) is 0 Å². The summed E-state index contributed by atoms with van der Waals surface area (Å²) in [5.74, 6) is 0. The highest BCUT2D eigenvalue weighted by molar-refractivity contribution is 5.89. The predicted molar refractivity (Wildman–Crippen MR) is 86.9 cm³/mol. The first-order valence-electron chi connectivity index (χ1n) is 7.60. The molecule has 0 saturated carbocycles. The van der Waals surface area contributed by atoms with Crippen LogP contribution < -0.4 is 10.6 Å². The van der Waals surface area contributed by atoms with Gasteiger partial charge >= 0.3 is 6.03 Å². The van der Waals surface area contributed by atoms with Gasteiger partial charge in [0.15, 0.2) is 0 Å². The Labute approximate surface area is 130 Å². The fourth-order valence-electron chi connectivity index (χ4n) is 2.18. The number of anilines is 1. The number of amides is 2. The number of hydrogen-bond acceptors (Lipinski definition) is 3. The monoisotopic (exact) mass is 301 g/mol. The Morgan fingerprint density at radius 2 is 2.23 bits per heavy atom. The minimum atomic E-state index is -0.220. The zero-order chi connectivity index (χ0) is 15.9. The first kappa shape index (κ1) is 16.0. The lowest BCUT2D eigenvalue weighted by molar-refractivity contribution is 0.252. The van der Waals surface area contributed by atoms with Crippen molar-refractivity contribution < 1.29 is 4.79 Å². The Balaban J connectivity index is 1.83. The van der Waals surface area contributed by atoms with Gasteiger partial charge in [0.2, 0.25) is 0 Å². The smallest absolute Gasteiger partial charge is 0.319 e. The van der Waals surface area contributed by atoms with E-state index in [-0.39, 0.29) is 6.03 Å². The van der Waals surface area contributed by atoms with Crippen LogP contribution in [-0.4, -0.2) is 27.3 Å². The van der Waals surface area contributed by atoms with Crippen LogP contribution in [0.4, 0.5) is 10.5 Å². The van der Waals surface area contributed by atoms with Crippen molar-refractivity contribution in [3.8, 4) is 0 Å². The summed E-state index contributed by atoms with van der Waals surface area (Å²) < 4.78 is 1.93. The van der Waals surface area contributed by atoms with Crippen LogP contribution in [0.15, 0.2) is 30.6 Å². The Morgan fingerprint density at radius 1 is 1.41 bits per heavy atom. The first-order chi connectivity index (χ1) is 10.6. The van der Waals surface area contributed by atoms with Gasteiger partial charge < -0.3 is 10.6 Å². The molecule has 0 spiro atoms. The SMILES string of the molecule is CC[C@@H](C)n1ncc(NC(=O)NCCc2ccccn2)c1C. The topological polar surface area (TPSA) is 71.8 Å². The molecule has 118 valence electrons. The molecule has 0 unspecified atom stereocenters. The number of urea groups is 1. The van der Waals surface area contributed by atoms with Gasteiger partial charge in [0.05, 0.1) is 17.6 Å². The van der Waals surface area contributed by atoms with Gasteiger partial charge in [-0.2, -0.15) is 5.10 Å². The lowest BCUT2D eigenvalue weighted by Crippen LogP contribution is -2.30. The quantitative estimate of drug-likeness (QED) is 0.861. The summed E-state index contributed by atoms with van der Waals surface area (Å²) >= 11 is 0. The van der Waals surface area contributed by atoms with E-state index >= 15 is 0 Å². The third-order valence-corrected chi connectivity index (χ3v) is 3.69. The number of carbonyl (C=O) groups is 1. The number of carbonyl (C=O) groups excluding carboxylic acids is 1. The Hall–Kier alpha value is -2.37. The van der Waals surface area contributed by atoms with Gasteiger partial charge in [-0.05, 0) is 32.4 Å². The molecule has 0 radical (unpaired) electrons. The van der Waals surface area contributed by atoms with Crippen LogP contribution in [0.1, 0.15) is 37.7 Å². The Kier molecular flexibility index (Phi) is 5.52. The van der Waals surface area contributed by atoms with Crippen molar-refractivity contribution in [2.24, 2.45) is 0 Å². The molecule has 6 heteroatoms. The number of nitrogens with one attached hydrogen (secondary N) is 2. The average Bonchev–Trinajstić information content (AvgIpc) is 2.88. The molecule has 2 N–H and O–H groups in total. The van der Waals surface area contributed by atoms with Gasteiger partial charge in [0, 0.05) is 30.9 Å². The highest BCUT2D eigenvalue weighted by Crippen LogP contribution is 2.19. The van der Waals surface area contributed by atoms with Crippen LogP contribution in [0.5, 0.6) is 0 Å². The van der Waals surface area contributed by atoms with Crippen molar-refractivity contribution in [1.29, 1.82) is 0 Å².